The van der Waals surface area contributed by atoms with E-state index in [2.05, 4.69) is 6.92 Å². The molecule has 0 saturated heterocycles. The van der Waals surface area contributed by atoms with Gasteiger partial charge in [-0.25, -0.2) is 4.39 Å². The molecule has 0 aliphatic heterocycles. The lowest BCUT2D eigenvalue weighted by Crippen LogP contribution is -1.82. The Kier molecular flexibility index (Phi) is 4.15. The van der Waals surface area contributed by atoms with Crippen molar-refractivity contribution >= 4 is 11.8 Å². The average molecular weight is 183 g/mol. The van der Waals surface area contributed by atoms with Crippen LogP contribution in [0, 0.1) is 12.7 Å². The zero-order valence-corrected chi connectivity index (χ0v) is 7.74. The molecule has 2 heteroatoms. The average Bonchev–Trinajstić information content (AvgIpc) is 2.09. The molecule has 0 aliphatic rings. The molecule has 0 unspecified atom stereocenters. The maximum atomic E-state index is 12.5. The number of rotatable bonds is 4. The fraction of sp³-hybridized carbons (Fsp3) is 0.300. The molecule has 1 radical (unpaired) electrons. The third-order valence-electron chi connectivity index (χ3n) is 1.47. The van der Waals surface area contributed by atoms with Crippen molar-refractivity contribution in [3.8, 4) is 0 Å². The van der Waals surface area contributed by atoms with E-state index in [-0.39, 0.29) is 5.82 Å². The van der Waals surface area contributed by atoms with Crippen LogP contribution in [-0.2, 0) is 5.75 Å². The van der Waals surface area contributed by atoms with Gasteiger partial charge in [-0.1, -0.05) is 19.1 Å². The van der Waals surface area contributed by atoms with Crippen LogP contribution >= 0.6 is 11.8 Å². The number of thioether (sulfide) groups is 1. The molecule has 0 heterocycles. The van der Waals surface area contributed by atoms with Gasteiger partial charge in [-0.15, -0.1) is 0 Å². The van der Waals surface area contributed by atoms with Crippen molar-refractivity contribution in [2.45, 2.75) is 12.2 Å². The first-order chi connectivity index (χ1) is 5.83. The van der Waals surface area contributed by atoms with E-state index in [0.717, 1.165) is 17.9 Å². The van der Waals surface area contributed by atoms with Crippen LogP contribution < -0.4 is 0 Å². The Labute approximate surface area is 77.2 Å². The molecule has 1 aromatic carbocycles. The highest BCUT2D eigenvalue weighted by Gasteiger charge is 1.93. The minimum absolute atomic E-state index is 0.166. The Morgan fingerprint density at radius 3 is 2.50 bits per heavy atom. The molecule has 0 saturated carbocycles. The Balaban J connectivity index is 2.37. The maximum absolute atomic E-state index is 12.5. The second kappa shape index (κ2) is 5.20. The van der Waals surface area contributed by atoms with Gasteiger partial charge in [0.2, 0.25) is 0 Å². The number of hydrogen-bond acceptors (Lipinski definition) is 1. The summed E-state index contributed by atoms with van der Waals surface area (Å²) in [6.45, 7) is 3.75. The lowest BCUT2D eigenvalue weighted by molar-refractivity contribution is 0.627. The summed E-state index contributed by atoms with van der Waals surface area (Å²) < 4.78 is 12.5. The van der Waals surface area contributed by atoms with Crippen LogP contribution in [0.5, 0.6) is 0 Å². The molecular weight excluding hydrogens is 171 g/mol. The minimum Gasteiger partial charge on any atom is -0.207 e. The van der Waals surface area contributed by atoms with Crippen LogP contribution in [0.1, 0.15) is 12.0 Å². The molecule has 1 rings (SSSR count). The van der Waals surface area contributed by atoms with E-state index >= 15 is 0 Å². The van der Waals surface area contributed by atoms with E-state index in [0.29, 0.717) is 0 Å². The van der Waals surface area contributed by atoms with Crippen molar-refractivity contribution in [3.05, 3.63) is 42.6 Å². The van der Waals surface area contributed by atoms with Crippen LogP contribution in [0.2, 0.25) is 0 Å². The molecule has 0 amide bonds. The van der Waals surface area contributed by atoms with E-state index in [1.54, 1.807) is 0 Å². The van der Waals surface area contributed by atoms with Gasteiger partial charge in [-0.2, -0.15) is 11.8 Å². The summed E-state index contributed by atoms with van der Waals surface area (Å²) in [6.07, 6.45) is 0.950. The van der Waals surface area contributed by atoms with Crippen LogP contribution in [-0.4, -0.2) is 5.75 Å². The van der Waals surface area contributed by atoms with Crippen LogP contribution in [0.15, 0.2) is 24.3 Å². The van der Waals surface area contributed by atoms with E-state index < -0.39 is 0 Å². The molecule has 0 nitrogen and oxygen atoms in total. The van der Waals surface area contributed by atoms with Crippen LogP contribution in [0.4, 0.5) is 4.39 Å². The second-order valence-corrected chi connectivity index (χ2v) is 3.64. The lowest BCUT2D eigenvalue weighted by atomic mass is 10.2. The highest BCUT2D eigenvalue weighted by Crippen LogP contribution is 2.12. The van der Waals surface area contributed by atoms with Gasteiger partial charge >= 0.3 is 0 Å². The standard InChI is InChI=1S/C10H12FS/c1-2-7-12-8-9-3-5-10(11)6-4-9/h3-6H,1-2,7-8H2. The molecule has 0 fully saturated rings. The summed E-state index contributed by atoms with van der Waals surface area (Å²) in [4.78, 5) is 0. The molecule has 0 N–H and O–H groups in total. The smallest absolute Gasteiger partial charge is 0.123 e. The topological polar surface area (TPSA) is 0 Å². The molecule has 0 atom stereocenters. The third kappa shape index (κ3) is 3.26. The van der Waals surface area contributed by atoms with Gasteiger partial charge in [-0.3, -0.25) is 0 Å². The van der Waals surface area contributed by atoms with Gasteiger partial charge < -0.3 is 0 Å². The van der Waals surface area contributed by atoms with Gasteiger partial charge in [0, 0.05) is 5.75 Å². The Morgan fingerprint density at radius 1 is 1.25 bits per heavy atom. The minimum atomic E-state index is -0.166. The summed E-state index contributed by atoms with van der Waals surface area (Å²) >= 11 is 1.83. The van der Waals surface area contributed by atoms with Gasteiger partial charge in [0.25, 0.3) is 0 Å². The molecule has 0 aliphatic carbocycles. The molecular formula is C10H12FS. The molecule has 65 valence electrons. The summed E-state index contributed by atoms with van der Waals surface area (Å²) in [5.41, 5.74) is 1.18. The highest BCUT2D eigenvalue weighted by molar-refractivity contribution is 7.98. The third-order valence-corrected chi connectivity index (χ3v) is 2.59. The van der Waals surface area contributed by atoms with Crippen molar-refractivity contribution in [2.75, 3.05) is 5.75 Å². The number of hydrogen-bond donors (Lipinski definition) is 0. The number of benzene rings is 1. The van der Waals surface area contributed by atoms with Gasteiger partial charge in [0.05, 0.1) is 0 Å². The van der Waals surface area contributed by atoms with Crippen molar-refractivity contribution in [1.29, 1.82) is 0 Å². The first kappa shape index (κ1) is 9.59. The van der Waals surface area contributed by atoms with Gasteiger partial charge in [0.1, 0.15) is 5.82 Å². The summed E-state index contributed by atoms with van der Waals surface area (Å²) in [6, 6.07) is 6.65. The fourth-order valence-corrected chi connectivity index (χ4v) is 1.65. The Bertz CT molecular complexity index is 218. The molecule has 0 bridgehead atoms. The molecule has 0 aromatic heterocycles. The summed E-state index contributed by atoms with van der Waals surface area (Å²) in [5, 5.41) is 0. The van der Waals surface area contributed by atoms with Crippen molar-refractivity contribution in [3.63, 3.8) is 0 Å². The summed E-state index contributed by atoms with van der Waals surface area (Å²) in [7, 11) is 0. The van der Waals surface area contributed by atoms with Crippen molar-refractivity contribution < 1.29 is 4.39 Å². The van der Waals surface area contributed by atoms with E-state index in [1.807, 2.05) is 23.9 Å². The Morgan fingerprint density at radius 2 is 1.92 bits per heavy atom. The predicted molar refractivity (Wildman–Crippen MR) is 52.5 cm³/mol. The number of halogens is 1. The van der Waals surface area contributed by atoms with Gasteiger partial charge in [-0.05, 0) is 29.9 Å². The van der Waals surface area contributed by atoms with Gasteiger partial charge in [0.15, 0.2) is 0 Å². The van der Waals surface area contributed by atoms with Crippen LogP contribution in [0.3, 0.4) is 0 Å². The van der Waals surface area contributed by atoms with E-state index in [4.69, 9.17) is 0 Å². The predicted octanol–water partition coefficient (Wildman–Crippen LogP) is 3.28. The Hall–Kier alpha value is -0.500. The first-order valence-corrected chi connectivity index (χ1v) is 5.10. The molecule has 12 heavy (non-hydrogen) atoms. The maximum Gasteiger partial charge on any atom is 0.123 e. The van der Waals surface area contributed by atoms with Crippen LogP contribution in [0.25, 0.3) is 0 Å². The highest BCUT2D eigenvalue weighted by atomic mass is 32.2. The van der Waals surface area contributed by atoms with E-state index in [9.17, 15) is 4.39 Å². The monoisotopic (exact) mass is 183 g/mol. The van der Waals surface area contributed by atoms with E-state index in [1.165, 1.54) is 17.7 Å². The van der Waals surface area contributed by atoms with Crippen molar-refractivity contribution in [1.82, 2.24) is 0 Å². The fourth-order valence-electron chi connectivity index (χ4n) is 0.873. The quantitative estimate of drug-likeness (QED) is 0.645. The SMILES string of the molecule is [CH2]CCSCc1ccc(F)cc1. The lowest BCUT2D eigenvalue weighted by Gasteiger charge is -1.99. The normalized spacial score (nSPS) is 10.2. The molecule has 1 aromatic rings. The first-order valence-electron chi connectivity index (χ1n) is 3.94. The second-order valence-electron chi connectivity index (χ2n) is 2.53. The largest absolute Gasteiger partial charge is 0.207 e. The summed E-state index contributed by atoms with van der Waals surface area (Å²) in [5.74, 6) is 1.86. The molecule has 0 spiro atoms. The zero-order valence-electron chi connectivity index (χ0n) is 6.92. The van der Waals surface area contributed by atoms with Crippen molar-refractivity contribution in [2.24, 2.45) is 0 Å². The zero-order chi connectivity index (χ0) is 8.81.